The van der Waals surface area contributed by atoms with Gasteiger partial charge in [-0.15, -0.1) is 0 Å². The topological polar surface area (TPSA) is 117 Å². The van der Waals surface area contributed by atoms with Gasteiger partial charge < -0.3 is 14.0 Å². The first-order valence-corrected chi connectivity index (χ1v) is 10.2. The van der Waals surface area contributed by atoms with E-state index in [-0.39, 0.29) is 25.4 Å². The van der Waals surface area contributed by atoms with Crippen LogP contribution in [0.15, 0.2) is 48.5 Å². The summed E-state index contributed by atoms with van der Waals surface area (Å²) in [6.07, 6.45) is 0. The lowest BCUT2D eigenvalue weighted by Gasteiger charge is -2.37. The Balaban J connectivity index is 1.99. The van der Waals surface area contributed by atoms with Crippen molar-refractivity contribution in [3.63, 3.8) is 0 Å². The summed E-state index contributed by atoms with van der Waals surface area (Å²) in [4.78, 5) is 43.5. The van der Waals surface area contributed by atoms with Crippen molar-refractivity contribution in [2.24, 2.45) is 5.92 Å². The Kier molecular flexibility index (Phi) is 5.87. The molecule has 10 heteroatoms. The number of benzene rings is 2. The van der Waals surface area contributed by atoms with Crippen molar-refractivity contribution in [1.82, 2.24) is 9.55 Å². The van der Waals surface area contributed by atoms with Gasteiger partial charge in [-0.25, -0.2) is 4.98 Å². The van der Waals surface area contributed by atoms with Gasteiger partial charge in [-0.2, -0.15) is 0 Å². The van der Waals surface area contributed by atoms with Gasteiger partial charge in [-0.05, 0) is 24.6 Å². The largest absolute Gasteiger partial charge is 0.465 e. The van der Waals surface area contributed by atoms with E-state index >= 15 is 0 Å². The molecular weight excluding hydrogens is 416 g/mol. The van der Waals surface area contributed by atoms with Crippen molar-refractivity contribution in [1.29, 1.82) is 0 Å². The maximum atomic E-state index is 13.6. The molecule has 1 amide bonds. The molecule has 0 N–H and O–H groups in total. The normalized spacial score (nSPS) is 17.9. The first-order chi connectivity index (χ1) is 15.5. The first-order valence-electron chi connectivity index (χ1n) is 10.2. The molecule has 0 saturated heterocycles. The number of esters is 1. The molecule has 166 valence electrons. The van der Waals surface area contributed by atoms with Gasteiger partial charge >= 0.3 is 5.97 Å². The molecule has 2 aromatic carbocycles. The summed E-state index contributed by atoms with van der Waals surface area (Å²) in [7, 11) is 1.52. The fraction of sp³-hybridized carbons (Fsp3) is 0.318. The third kappa shape index (κ3) is 3.58. The Hall–Kier alpha value is -3.79. The zero-order valence-electron chi connectivity index (χ0n) is 17.6. The van der Waals surface area contributed by atoms with Crippen LogP contribution in [0, 0.1) is 16.0 Å². The second-order valence-corrected chi connectivity index (χ2v) is 7.28. The molecule has 1 aliphatic heterocycles. The minimum absolute atomic E-state index is 0.0971. The molecule has 0 fully saturated rings. The monoisotopic (exact) mass is 438 g/mol. The van der Waals surface area contributed by atoms with Crippen molar-refractivity contribution in [3.05, 3.63) is 64.2 Å². The molecular formula is C22H22N4O6. The van der Waals surface area contributed by atoms with E-state index in [9.17, 15) is 19.7 Å². The number of rotatable bonds is 7. The zero-order valence-corrected chi connectivity index (χ0v) is 17.6. The highest BCUT2D eigenvalue weighted by Crippen LogP contribution is 2.41. The van der Waals surface area contributed by atoms with Gasteiger partial charge in [0.15, 0.2) is 5.92 Å². The predicted molar refractivity (Wildman–Crippen MR) is 115 cm³/mol. The minimum Gasteiger partial charge on any atom is -0.465 e. The SMILES string of the molecule is CCOC(=O)[C@H]1C(=O)N(CCOC)c2nc3ccccc3n2[C@@H]1c1cccc([N+](=O)[O-])c1. The molecule has 32 heavy (non-hydrogen) atoms. The van der Waals surface area contributed by atoms with Crippen molar-refractivity contribution in [2.75, 3.05) is 31.8 Å². The number of carbonyl (C=O) groups is 2. The smallest absolute Gasteiger partial charge is 0.321 e. The van der Waals surface area contributed by atoms with Crippen LogP contribution in [-0.4, -0.2) is 53.2 Å². The first kappa shape index (κ1) is 21.4. The van der Waals surface area contributed by atoms with Crippen LogP contribution < -0.4 is 4.90 Å². The van der Waals surface area contributed by atoms with Gasteiger partial charge in [0.25, 0.3) is 5.69 Å². The molecule has 0 unspecified atom stereocenters. The summed E-state index contributed by atoms with van der Waals surface area (Å²) >= 11 is 0. The van der Waals surface area contributed by atoms with E-state index in [1.54, 1.807) is 17.6 Å². The molecule has 2 atom stereocenters. The average Bonchev–Trinajstić information content (AvgIpc) is 3.17. The predicted octanol–water partition coefficient (Wildman–Crippen LogP) is 2.71. The minimum atomic E-state index is -1.24. The highest BCUT2D eigenvalue weighted by atomic mass is 16.6. The number of para-hydroxylation sites is 2. The second-order valence-electron chi connectivity index (χ2n) is 7.28. The van der Waals surface area contributed by atoms with Crippen molar-refractivity contribution >= 4 is 34.5 Å². The lowest BCUT2D eigenvalue weighted by molar-refractivity contribution is -0.384. The molecule has 1 aromatic heterocycles. The number of non-ortho nitro benzene ring substituents is 1. The number of ether oxygens (including phenoxy) is 2. The lowest BCUT2D eigenvalue weighted by Crippen LogP contribution is -2.51. The number of fused-ring (bicyclic) bond motifs is 3. The maximum Gasteiger partial charge on any atom is 0.321 e. The summed E-state index contributed by atoms with van der Waals surface area (Å²) in [5.41, 5.74) is 1.65. The third-order valence-electron chi connectivity index (χ3n) is 5.43. The van der Waals surface area contributed by atoms with Crippen LogP contribution in [0.1, 0.15) is 18.5 Å². The van der Waals surface area contributed by atoms with Gasteiger partial charge in [0.05, 0.1) is 41.8 Å². The number of nitrogens with zero attached hydrogens (tertiary/aromatic N) is 4. The van der Waals surface area contributed by atoms with E-state index in [0.717, 1.165) is 0 Å². The van der Waals surface area contributed by atoms with Crippen LogP contribution in [-0.2, 0) is 19.1 Å². The number of methoxy groups -OCH3 is 1. The maximum absolute atomic E-state index is 13.6. The molecule has 0 saturated carbocycles. The standard InChI is InChI=1S/C22H22N4O6/c1-3-32-21(28)18-19(14-7-6-8-15(13-14)26(29)30)25-17-10-5-4-9-16(17)23-22(25)24(20(18)27)11-12-31-2/h4-10,13,18-19H,3,11-12H2,1-2H3/t18-,19-/m1/s1. The molecule has 2 heterocycles. The molecule has 0 bridgehead atoms. The Labute approximate surface area is 183 Å². The zero-order chi connectivity index (χ0) is 22.8. The van der Waals surface area contributed by atoms with Crippen molar-refractivity contribution < 1.29 is 24.0 Å². The van der Waals surface area contributed by atoms with Crippen LogP contribution in [0.2, 0.25) is 0 Å². The van der Waals surface area contributed by atoms with Crippen LogP contribution in [0.25, 0.3) is 11.0 Å². The Morgan fingerprint density at radius 1 is 1.22 bits per heavy atom. The third-order valence-corrected chi connectivity index (χ3v) is 5.43. The number of nitro benzene ring substituents is 1. The van der Waals surface area contributed by atoms with Gasteiger partial charge in [0.1, 0.15) is 0 Å². The summed E-state index contributed by atoms with van der Waals surface area (Å²) in [5.74, 6) is -2.07. The number of anilines is 1. The van der Waals surface area contributed by atoms with Crippen LogP contribution >= 0.6 is 0 Å². The number of hydrogen-bond acceptors (Lipinski definition) is 7. The van der Waals surface area contributed by atoms with E-state index in [1.807, 2.05) is 24.3 Å². The van der Waals surface area contributed by atoms with Crippen LogP contribution in [0.4, 0.5) is 11.6 Å². The van der Waals surface area contributed by atoms with Gasteiger partial charge in [-0.1, -0.05) is 24.3 Å². The summed E-state index contributed by atoms with van der Waals surface area (Å²) in [6, 6.07) is 12.4. The number of hydrogen-bond donors (Lipinski definition) is 0. The number of carbonyl (C=O) groups excluding carboxylic acids is 2. The average molecular weight is 438 g/mol. The Morgan fingerprint density at radius 3 is 2.72 bits per heavy atom. The van der Waals surface area contributed by atoms with Crippen LogP contribution in [0.5, 0.6) is 0 Å². The molecule has 1 aliphatic rings. The number of nitro groups is 1. The Morgan fingerprint density at radius 2 is 2.00 bits per heavy atom. The van der Waals surface area contributed by atoms with E-state index in [2.05, 4.69) is 4.98 Å². The van der Waals surface area contributed by atoms with E-state index in [1.165, 1.54) is 30.2 Å². The number of amides is 1. The van der Waals surface area contributed by atoms with E-state index in [0.29, 0.717) is 22.5 Å². The molecule has 3 aromatic rings. The fourth-order valence-corrected chi connectivity index (χ4v) is 4.07. The van der Waals surface area contributed by atoms with Crippen molar-refractivity contribution in [3.8, 4) is 0 Å². The lowest BCUT2D eigenvalue weighted by atomic mass is 9.89. The van der Waals surface area contributed by atoms with E-state index < -0.39 is 28.8 Å². The van der Waals surface area contributed by atoms with Gasteiger partial charge in [-0.3, -0.25) is 24.6 Å². The summed E-state index contributed by atoms with van der Waals surface area (Å²) in [5, 5.41) is 11.4. The quantitative estimate of drug-likeness (QED) is 0.241. The fourth-order valence-electron chi connectivity index (χ4n) is 4.07. The van der Waals surface area contributed by atoms with E-state index in [4.69, 9.17) is 9.47 Å². The molecule has 0 radical (unpaired) electrons. The highest BCUT2D eigenvalue weighted by molar-refractivity contribution is 6.08. The molecule has 0 spiro atoms. The second kappa shape index (κ2) is 8.75. The van der Waals surface area contributed by atoms with Crippen molar-refractivity contribution in [2.45, 2.75) is 13.0 Å². The highest BCUT2D eigenvalue weighted by Gasteiger charge is 2.48. The number of aromatic nitrogens is 2. The summed E-state index contributed by atoms with van der Waals surface area (Å²) in [6.45, 7) is 2.19. The summed E-state index contributed by atoms with van der Waals surface area (Å²) < 4.78 is 12.2. The Bertz CT molecular complexity index is 1190. The van der Waals surface area contributed by atoms with Crippen LogP contribution in [0.3, 0.4) is 0 Å². The number of imidazole rings is 1. The molecule has 4 rings (SSSR count). The molecule has 0 aliphatic carbocycles. The molecule has 10 nitrogen and oxygen atoms in total. The van der Waals surface area contributed by atoms with Gasteiger partial charge in [0.2, 0.25) is 11.9 Å². The van der Waals surface area contributed by atoms with Gasteiger partial charge in [0, 0.05) is 19.2 Å².